The molecule has 0 bridgehead atoms. The summed E-state index contributed by atoms with van der Waals surface area (Å²) in [6, 6.07) is 11.7. The molecule has 0 aliphatic carbocycles. The van der Waals surface area contributed by atoms with Crippen molar-refractivity contribution in [2.24, 2.45) is 0 Å². The quantitative estimate of drug-likeness (QED) is 0.370. The highest BCUT2D eigenvalue weighted by Gasteiger charge is 2.09. The summed E-state index contributed by atoms with van der Waals surface area (Å²) in [5, 5.41) is 12.6. The van der Waals surface area contributed by atoms with Gasteiger partial charge in [0.25, 0.3) is 10.2 Å². The zero-order valence-electron chi connectivity index (χ0n) is 11.0. The normalized spacial score (nSPS) is 10.7. The fraction of sp³-hybridized carbons (Fsp3) is 0.267. The summed E-state index contributed by atoms with van der Waals surface area (Å²) in [5.74, 6) is 0.868. The molecule has 0 saturated carbocycles. The standard InChI is InChI=1S/C15H16ClNOS/c1-11-6-7-12(2)13(10-11)8-9-19-15-5-3-4-14(16)17(15)18/h3-7,10H,8-9H2,1-2H3. The van der Waals surface area contributed by atoms with Crippen molar-refractivity contribution < 1.29 is 4.73 Å². The molecule has 0 amide bonds. The van der Waals surface area contributed by atoms with Gasteiger partial charge in [0.2, 0.25) is 0 Å². The SMILES string of the molecule is Cc1ccc(C)c(CCSc2cccc(Cl)[n+]2[O-])c1. The van der Waals surface area contributed by atoms with Crippen molar-refractivity contribution in [2.45, 2.75) is 25.3 Å². The average Bonchev–Trinajstić information content (AvgIpc) is 2.38. The third kappa shape index (κ3) is 3.64. The second kappa shape index (κ2) is 6.31. The second-order valence-electron chi connectivity index (χ2n) is 4.51. The summed E-state index contributed by atoms with van der Waals surface area (Å²) in [4.78, 5) is 0. The first-order valence-electron chi connectivity index (χ1n) is 6.15. The van der Waals surface area contributed by atoms with Crippen LogP contribution in [0, 0.1) is 19.1 Å². The molecule has 0 N–H and O–H groups in total. The Bertz CT molecular complexity index is 584. The Morgan fingerprint density at radius 3 is 2.79 bits per heavy atom. The van der Waals surface area contributed by atoms with Crippen molar-refractivity contribution in [1.29, 1.82) is 0 Å². The molecular weight excluding hydrogens is 278 g/mol. The van der Waals surface area contributed by atoms with Gasteiger partial charge < -0.3 is 5.21 Å². The van der Waals surface area contributed by atoms with E-state index in [0.717, 1.165) is 16.9 Å². The lowest BCUT2D eigenvalue weighted by Gasteiger charge is -2.07. The van der Waals surface area contributed by atoms with Gasteiger partial charge in [-0.15, -0.1) is 4.73 Å². The van der Waals surface area contributed by atoms with E-state index in [2.05, 4.69) is 32.0 Å². The molecule has 0 saturated heterocycles. The first-order chi connectivity index (χ1) is 9.08. The zero-order chi connectivity index (χ0) is 13.8. The largest absolute Gasteiger partial charge is 0.617 e. The van der Waals surface area contributed by atoms with Crippen LogP contribution in [0.5, 0.6) is 0 Å². The van der Waals surface area contributed by atoms with Crippen LogP contribution < -0.4 is 4.73 Å². The summed E-state index contributed by atoms with van der Waals surface area (Å²) in [7, 11) is 0. The van der Waals surface area contributed by atoms with Crippen LogP contribution in [0.1, 0.15) is 16.7 Å². The van der Waals surface area contributed by atoms with Crippen LogP contribution in [0.25, 0.3) is 0 Å². The predicted molar refractivity (Wildman–Crippen MR) is 80.8 cm³/mol. The van der Waals surface area contributed by atoms with Gasteiger partial charge in [-0.25, -0.2) is 0 Å². The second-order valence-corrected chi connectivity index (χ2v) is 6.01. The number of hydrogen-bond donors (Lipinski definition) is 0. The van der Waals surface area contributed by atoms with E-state index in [1.54, 1.807) is 18.2 Å². The Morgan fingerprint density at radius 1 is 1.21 bits per heavy atom. The highest BCUT2D eigenvalue weighted by Crippen LogP contribution is 2.19. The number of rotatable bonds is 4. The van der Waals surface area contributed by atoms with Gasteiger partial charge in [-0.05, 0) is 49.1 Å². The highest BCUT2D eigenvalue weighted by atomic mass is 35.5. The molecule has 0 aliphatic heterocycles. The van der Waals surface area contributed by atoms with Crippen molar-refractivity contribution in [3.05, 3.63) is 63.4 Å². The van der Waals surface area contributed by atoms with E-state index in [0.29, 0.717) is 5.03 Å². The third-order valence-electron chi connectivity index (χ3n) is 2.99. The maximum Gasteiger partial charge on any atom is 0.287 e. The molecule has 0 unspecified atom stereocenters. The summed E-state index contributed by atoms with van der Waals surface area (Å²) < 4.78 is 0.773. The summed E-state index contributed by atoms with van der Waals surface area (Å²) in [6.45, 7) is 4.21. The Hall–Kier alpha value is -1.19. The molecule has 4 heteroatoms. The van der Waals surface area contributed by atoms with Crippen molar-refractivity contribution >= 4 is 23.4 Å². The predicted octanol–water partition coefficient (Wildman–Crippen LogP) is 3.93. The zero-order valence-corrected chi connectivity index (χ0v) is 12.6. The smallest absolute Gasteiger partial charge is 0.287 e. The number of halogens is 1. The lowest BCUT2D eigenvalue weighted by atomic mass is 10.0. The van der Waals surface area contributed by atoms with E-state index in [1.807, 2.05) is 0 Å². The highest BCUT2D eigenvalue weighted by molar-refractivity contribution is 7.99. The van der Waals surface area contributed by atoms with E-state index < -0.39 is 0 Å². The molecule has 0 radical (unpaired) electrons. The van der Waals surface area contributed by atoms with E-state index in [4.69, 9.17) is 11.6 Å². The van der Waals surface area contributed by atoms with Gasteiger partial charge in [-0.1, -0.05) is 35.5 Å². The first kappa shape index (κ1) is 14.2. The van der Waals surface area contributed by atoms with Gasteiger partial charge in [0.15, 0.2) is 0 Å². The number of benzene rings is 1. The van der Waals surface area contributed by atoms with Gasteiger partial charge in [0, 0.05) is 17.9 Å². The molecule has 0 atom stereocenters. The minimum Gasteiger partial charge on any atom is -0.617 e. The molecule has 100 valence electrons. The Morgan fingerprint density at radius 2 is 2.00 bits per heavy atom. The van der Waals surface area contributed by atoms with Crippen molar-refractivity contribution in [2.75, 3.05) is 5.75 Å². The van der Waals surface area contributed by atoms with Crippen LogP contribution in [0.2, 0.25) is 5.15 Å². The van der Waals surface area contributed by atoms with Crippen LogP contribution in [0.4, 0.5) is 0 Å². The summed E-state index contributed by atoms with van der Waals surface area (Å²) in [6.07, 6.45) is 0.949. The monoisotopic (exact) mass is 293 g/mol. The number of nitrogens with zero attached hydrogens (tertiary/aromatic N) is 1. The average molecular weight is 294 g/mol. The number of pyridine rings is 1. The Labute approximate surface area is 123 Å². The van der Waals surface area contributed by atoms with Gasteiger partial charge in [-0.3, -0.25) is 0 Å². The third-order valence-corrected chi connectivity index (χ3v) is 4.28. The molecule has 2 nitrogen and oxygen atoms in total. The molecule has 1 aromatic carbocycles. The molecule has 1 aromatic heterocycles. The lowest BCUT2D eigenvalue weighted by Crippen LogP contribution is -2.30. The van der Waals surface area contributed by atoms with Gasteiger partial charge in [0.05, 0.1) is 0 Å². The van der Waals surface area contributed by atoms with Crippen LogP contribution in [-0.2, 0) is 6.42 Å². The van der Waals surface area contributed by atoms with E-state index in [-0.39, 0.29) is 5.15 Å². The summed E-state index contributed by atoms with van der Waals surface area (Å²) in [5.41, 5.74) is 3.91. The Balaban J connectivity index is 2.00. The van der Waals surface area contributed by atoms with E-state index >= 15 is 0 Å². The van der Waals surface area contributed by atoms with Crippen molar-refractivity contribution in [3.63, 3.8) is 0 Å². The topological polar surface area (TPSA) is 26.9 Å². The number of thioether (sulfide) groups is 1. The molecule has 2 aromatic rings. The molecule has 0 aliphatic rings. The fourth-order valence-corrected chi connectivity index (χ4v) is 3.03. The van der Waals surface area contributed by atoms with Gasteiger partial charge >= 0.3 is 0 Å². The molecular formula is C15H16ClNOS. The molecule has 1 heterocycles. The van der Waals surface area contributed by atoms with Crippen LogP contribution >= 0.6 is 23.4 Å². The first-order valence-corrected chi connectivity index (χ1v) is 7.51. The molecule has 19 heavy (non-hydrogen) atoms. The van der Waals surface area contributed by atoms with E-state index in [9.17, 15) is 5.21 Å². The Kier molecular flexibility index (Phi) is 4.72. The maximum absolute atomic E-state index is 11.7. The lowest BCUT2D eigenvalue weighted by molar-refractivity contribution is -0.643. The van der Waals surface area contributed by atoms with Gasteiger partial charge in [0.1, 0.15) is 0 Å². The molecule has 2 rings (SSSR count). The molecule has 0 fully saturated rings. The van der Waals surface area contributed by atoms with Crippen molar-refractivity contribution in [1.82, 2.24) is 0 Å². The number of aromatic nitrogens is 1. The summed E-state index contributed by atoms with van der Waals surface area (Å²) >= 11 is 7.33. The fourth-order valence-electron chi connectivity index (χ4n) is 1.89. The van der Waals surface area contributed by atoms with E-state index in [1.165, 1.54) is 28.5 Å². The van der Waals surface area contributed by atoms with Crippen molar-refractivity contribution in [3.8, 4) is 0 Å². The maximum atomic E-state index is 11.7. The van der Waals surface area contributed by atoms with Crippen LogP contribution in [-0.4, -0.2) is 5.75 Å². The molecule has 0 spiro atoms. The van der Waals surface area contributed by atoms with Gasteiger partial charge in [-0.2, -0.15) is 0 Å². The van der Waals surface area contributed by atoms with Crippen LogP contribution in [0.3, 0.4) is 0 Å². The number of aryl methyl sites for hydroxylation is 3. The minimum absolute atomic E-state index is 0.219. The minimum atomic E-state index is 0.219. The van der Waals surface area contributed by atoms with Crippen LogP contribution in [0.15, 0.2) is 41.4 Å². The number of hydrogen-bond acceptors (Lipinski definition) is 2.